The number of para-hydroxylation sites is 1. The summed E-state index contributed by atoms with van der Waals surface area (Å²) >= 11 is 0. The second-order valence-electron chi connectivity index (χ2n) is 4.02. The van der Waals surface area contributed by atoms with E-state index in [1.807, 2.05) is 30.6 Å². The maximum atomic E-state index is 4.45. The smallest absolute Gasteiger partial charge is 0.0871 e. The van der Waals surface area contributed by atoms with Gasteiger partial charge in [0.25, 0.3) is 0 Å². The Morgan fingerprint density at radius 2 is 1.94 bits per heavy atom. The summed E-state index contributed by atoms with van der Waals surface area (Å²) < 4.78 is 1.79. The van der Waals surface area contributed by atoms with Gasteiger partial charge in [0, 0.05) is 28.6 Å². The van der Waals surface area contributed by atoms with Crippen molar-refractivity contribution in [3.8, 4) is 0 Å². The molecule has 4 rings (SSSR count). The van der Waals surface area contributed by atoms with Crippen molar-refractivity contribution in [3.63, 3.8) is 0 Å². The minimum atomic E-state index is 0.981. The molecule has 0 bridgehead atoms. The minimum Gasteiger partial charge on any atom is -0.256 e. The van der Waals surface area contributed by atoms with Crippen molar-refractivity contribution in [2.45, 2.75) is 0 Å². The average Bonchev–Trinajstić information content (AvgIpc) is 2.83. The Labute approximate surface area is 96.5 Å². The van der Waals surface area contributed by atoms with Gasteiger partial charge in [0.15, 0.2) is 0 Å². The van der Waals surface area contributed by atoms with Crippen molar-refractivity contribution < 1.29 is 0 Å². The van der Waals surface area contributed by atoms with E-state index in [1.54, 1.807) is 10.7 Å². The van der Waals surface area contributed by atoms with E-state index in [2.05, 4.69) is 27.4 Å². The molecule has 80 valence electrons. The van der Waals surface area contributed by atoms with Gasteiger partial charge in [-0.05, 0) is 12.1 Å². The van der Waals surface area contributed by atoms with E-state index in [1.165, 1.54) is 0 Å². The molecule has 0 atom stereocenters. The van der Waals surface area contributed by atoms with Gasteiger partial charge in [-0.3, -0.25) is 4.98 Å². The quantitative estimate of drug-likeness (QED) is 0.427. The van der Waals surface area contributed by atoms with E-state index in [-0.39, 0.29) is 0 Å². The van der Waals surface area contributed by atoms with E-state index < -0.39 is 0 Å². The standard InChI is InChI=1S/C13H8N4/c1-2-4-13-11(3-1)12-8-17-10(7-15-16-17)5-9(12)6-14-13/h1-8H. The average molecular weight is 220 g/mol. The fraction of sp³-hybridized carbons (Fsp3) is 0. The predicted octanol–water partition coefficient (Wildman–Crippen LogP) is 2.43. The third-order valence-electron chi connectivity index (χ3n) is 3.01. The maximum Gasteiger partial charge on any atom is 0.0871 e. The number of aromatic nitrogens is 4. The summed E-state index contributed by atoms with van der Waals surface area (Å²) in [6.07, 6.45) is 5.64. The van der Waals surface area contributed by atoms with E-state index >= 15 is 0 Å². The molecular formula is C13H8N4. The van der Waals surface area contributed by atoms with E-state index in [4.69, 9.17) is 0 Å². The lowest BCUT2D eigenvalue weighted by atomic mass is 10.1. The Morgan fingerprint density at radius 3 is 2.94 bits per heavy atom. The summed E-state index contributed by atoms with van der Waals surface area (Å²) in [4.78, 5) is 4.45. The van der Waals surface area contributed by atoms with Crippen LogP contribution in [-0.2, 0) is 0 Å². The van der Waals surface area contributed by atoms with Crippen LogP contribution in [0.3, 0.4) is 0 Å². The van der Waals surface area contributed by atoms with Gasteiger partial charge in [0.1, 0.15) is 0 Å². The molecule has 0 spiro atoms. The largest absolute Gasteiger partial charge is 0.256 e. The first kappa shape index (κ1) is 8.64. The van der Waals surface area contributed by atoms with Crippen LogP contribution in [0.1, 0.15) is 0 Å². The molecule has 4 heteroatoms. The van der Waals surface area contributed by atoms with E-state index in [0.29, 0.717) is 0 Å². The highest BCUT2D eigenvalue weighted by atomic mass is 15.4. The molecule has 4 aromatic rings. The van der Waals surface area contributed by atoms with Crippen LogP contribution in [0.15, 0.2) is 48.9 Å². The summed E-state index contributed by atoms with van der Waals surface area (Å²) in [6, 6.07) is 10.2. The molecular weight excluding hydrogens is 212 g/mol. The fourth-order valence-electron chi connectivity index (χ4n) is 2.17. The van der Waals surface area contributed by atoms with Crippen molar-refractivity contribution in [1.82, 2.24) is 19.8 Å². The Bertz CT molecular complexity index is 848. The summed E-state index contributed by atoms with van der Waals surface area (Å²) in [7, 11) is 0. The molecule has 0 N–H and O–H groups in total. The molecule has 0 fully saturated rings. The van der Waals surface area contributed by atoms with Gasteiger partial charge in [0.05, 0.1) is 17.2 Å². The fourth-order valence-corrected chi connectivity index (χ4v) is 2.17. The van der Waals surface area contributed by atoms with Crippen molar-refractivity contribution >= 4 is 27.2 Å². The molecule has 1 aromatic carbocycles. The highest BCUT2D eigenvalue weighted by Crippen LogP contribution is 2.23. The molecule has 4 nitrogen and oxygen atoms in total. The lowest BCUT2D eigenvalue weighted by Crippen LogP contribution is -1.89. The van der Waals surface area contributed by atoms with Crippen molar-refractivity contribution in [1.29, 1.82) is 0 Å². The zero-order chi connectivity index (χ0) is 11.2. The maximum absolute atomic E-state index is 4.45. The second-order valence-corrected chi connectivity index (χ2v) is 4.02. The first-order valence-corrected chi connectivity index (χ1v) is 5.39. The molecule has 0 amide bonds. The van der Waals surface area contributed by atoms with Gasteiger partial charge in [-0.25, -0.2) is 4.52 Å². The third kappa shape index (κ3) is 1.15. The summed E-state index contributed by atoms with van der Waals surface area (Å²) in [6.45, 7) is 0. The predicted molar refractivity (Wildman–Crippen MR) is 65.8 cm³/mol. The summed E-state index contributed by atoms with van der Waals surface area (Å²) in [5.41, 5.74) is 1.98. The third-order valence-corrected chi connectivity index (χ3v) is 3.01. The molecule has 3 heterocycles. The van der Waals surface area contributed by atoms with Gasteiger partial charge in [-0.2, -0.15) is 0 Å². The van der Waals surface area contributed by atoms with Crippen molar-refractivity contribution in [3.05, 3.63) is 48.9 Å². The molecule has 3 aromatic heterocycles. The van der Waals surface area contributed by atoms with Gasteiger partial charge < -0.3 is 0 Å². The number of nitrogens with zero attached hydrogens (tertiary/aromatic N) is 4. The lowest BCUT2D eigenvalue weighted by Gasteiger charge is -2.03. The first-order chi connectivity index (χ1) is 8.42. The normalized spacial score (nSPS) is 11.5. The minimum absolute atomic E-state index is 0.981. The second kappa shape index (κ2) is 3.01. The van der Waals surface area contributed by atoms with E-state index in [0.717, 1.165) is 27.2 Å². The number of rotatable bonds is 0. The Balaban J connectivity index is 2.30. The Kier molecular flexibility index (Phi) is 1.53. The van der Waals surface area contributed by atoms with Crippen molar-refractivity contribution in [2.24, 2.45) is 0 Å². The molecule has 0 saturated heterocycles. The monoisotopic (exact) mass is 220 g/mol. The van der Waals surface area contributed by atoms with E-state index in [9.17, 15) is 0 Å². The lowest BCUT2D eigenvalue weighted by molar-refractivity contribution is 0.860. The molecule has 0 aliphatic carbocycles. The van der Waals surface area contributed by atoms with Gasteiger partial charge in [-0.1, -0.05) is 23.4 Å². The number of pyridine rings is 2. The van der Waals surface area contributed by atoms with Crippen LogP contribution in [0.2, 0.25) is 0 Å². The van der Waals surface area contributed by atoms with Gasteiger partial charge in [0.2, 0.25) is 0 Å². The number of fused-ring (bicyclic) bond motifs is 4. The summed E-state index contributed by atoms with van der Waals surface area (Å²) in [5.74, 6) is 0. The molecule has 0 radical (unpaired) electrons. The van der Waals surface area contributed by atoms with Gasteiger partial charge >= 0.3 is 0 Å². The van der Waals surface area contributed by atoms with Crippen LogP contribution in [0.4, 0.5) is 0 Å². The van der Waals surface area contributed by atoms with Crippen LogP contribution in [0, 0.1) is 0 Å². The molecule has 0 aliphatic heterocycles. The Hall–Kier alpha value is -2.49. The van der Waals surface area contributed by atoms with Crippen LogP contribution in [-0.4, -0.2) is 19.8 Å². The highest BCUT2D eigenvalue weighted by Gasteiger charge is 2.03. The van der Waals surface area contributed by atoms with Crippen molar-refractivity contribution in [2.75, 3.05) is 0 Å². The SMILES string of the molecule is c1ccc2c(c1)ncc1cc3cnnn3cc12. The Morgan fingerprint density at radius 1 is 1.00 bits per heavy atom. The molecule has 0 saturated carbocycles. The van der Waals surface area contributed by atoms with Gasteiger partial charge in [-0.15, -0.1) is 5.10 Å². The number of hydrogen-bond donors (Lipinski definition) is 0. The van der Waals surface area contributed by atoms with Crippen LogP contribution in [0.25, 0.3) is 27.2 Å². The molecule has 17 heavy (non-hydrogen) atoms. The van der Waals surface area contributed by atoms with Crippen LogP contribution >= 0.6 is 0 Å². The first-order valence-electron chi connectivity index (χ1n) is 5.39. The highest BCUT2D eigenvalue weighted by molar-refractivity contribution is 6.05. The molecule has 0 aliphatic rings. The number of benzene rings is 1. The van der Waals surface area contributed by atoms with Crippen LogP contribution < -0.4 is 0 Å². The topological polar surface area (TPSA) is 43.1 Å². The molecule has 0 unspecified atom stereocenters. The zero-order valence-electron chi connectivity index (χ0n) is 8.91. The summed E-state index contributed by atoms with van der Waals surface area (Å²) in [5, 5.41) is 11.3. The zero-order valence-corrected chi connectivity index (χ0v) is 8.91. The van der Waals surface area contributed by atoms with Crippen LogP contribution in [0.5, 0.6) is 0 Å². The number of hydrogen-bond acceptors (Lipinski definition) is 3.